The molecule has 0 spiro atoms. The zero-order valence-electron chi connectivity index (χ0n) is 15.4. The molecule has 7 nitrogen and oxygen atoms in total. The Morgan fingerprint density at radius 3 is 2.88 bits per heavy atom. The number of hydrogen-bond acceptors (Lipinski definition) is 6. The number of allylic oxidation sites excluding steroid dienone is 1. The van der Waals surface area contributed by atoms with Crippen molar-refractivity contribution < 1.29 is 4.79 Å². The van der Waals surface area contributed by atoms with Gasteiger partial charge in [0, 0.05) is 25.4 Å². The van der Waals surface area contributed by atoms with Gasteiger partial charge < -0.3 is 10.2 Å². The van der Waals surface area contributed by atoms with E-state index in [0.717, 1.165) is 47.3 Å². The zero-order valence-corrected chi connectivity index (χ0v) is 16.3. The predicted octanol–water partition coefficient (Wildman–Crippen LogP) is 2.62. The van der Waals surface area contributed by atoms with E-state index < -0.39 is 0 Å². The second-order valence-corrected chi connectivity index (χ2v) is 7.33. The van der Waals surface area contributed by atoms with Gasteiger partial charge in [-0.15, -0.1) is 0 Å². The zero-order chi connectivity index (χ0) is 18.4. The van der Waals surface area contributed by atoms with Crippen molar-refractivity contribution >= 4 is 34.5 Å². The molecule has 1 saturated heterocycles. The molecule has 0 saturated carbocycles. The van der Waals surface area contributed by atoms with Crippen LogP contribution in [0.1, 0.15) is 33.1 Å². The van der Waals surface area contributed by atoms with Crippen LogP contribution in [0.5, 0.6) is 0 Å². The fourth-order valence-corrected chi connectivity index (χ4v) is 3.70. The average molecular weight is 375 g/mol. The maximum atomic E-state index is 11.6. The van der Waals surface area contributed by atoms with Crippen LogP contribution in [-0.2, 0) is 11.3 Å². The van der Waals surface area contributed by atoms with Crippen LogP contribution in [-0.4, -0.2) is 51.0 Å². The number of anilines is 1. The van der Waals surface area contributed by atoms with E-state index in [1.165, 1.54) is 18.9 Å². The van der Waals surface area contributed by atoms with E-state index in [-0.39, 0.29) is 5.91 Å². The Morgan fingerprint density at radius 1 is 1.35 bits per heavy atom. The van der Waals surface area contributed by atoms with Gasteiger partial charge in [-0.1, -0.05) is 24.8 Å². The van der Waals surface area contributed by atoms with Crippen LogP contribution in [0.15, 0.2) is 23.5 Å². The normalized spacial score (nSPS) is 14.6. The van der Waals surface area contributed by atoms with E-state index in [2.05, 4.69) is 22.2 Å². The number of rotatable bonds is 8. The number of hydrogen-bond donors (Lipinski definition) is 1. The largest absolute Gasteiger partial charge is 0.356 e. The maximum absolute atomic E-state index is 11.6. The number of carbonyl (C=O) groups excluding carboxylic acids is 1. The Kier molecular flexibility index (Phi) is 6.49. The van der Waals surface area contributed by atoms with Gasteiger partial charge in [0.2, 0.25) is 5.91 Å². The lowest BCUT2D eigenvalue weighted by atomic mass is 10.3. The number of fused-ring (bicyclic) bond motifs is 1. The van der Waals surface area contributed by atoms with Crippen molar-refractivity contribution in [3.63, 3.8) is 0 Å². The Hall–Kier alpha value is -2.09. The van der Waals surface area contributed by atoms with Gasteiger partial charge in [-0.2, -0.15) is 5.10 Å². The van der Waals surface area contributed by atoms with Crippen LogP contribution in [0.2, 0.25) is 0 Å². The van der Waals surface area contributed by atoms with Gasteiger partial charge in [0.15, 0.2) is 10.8 Å². The molecule has 0 atom stereocenters. The molecule has 1 fully saturated rings. The van der Waals surface area contributed by atoms with Gasteiger partial charge >= 0.3 is 0 Å². The molecule has 1 N–H and O–H groups in total. The number of thioether (sulfide) groups is 1. The molecular formula is C18H26N6OS. The molecule has 0 bridgehead atoms. The monoisotopic (exact) mass is 374 g/mol. The van der Waals surface area contributed by atoms with Gasteiger partial charge in [0.05, 0.1) is 18.1 Å². The van der Waals surface area contributed by atoms with Crippen molar-refractivity contribution in [3.05, 3.63) is 18.3 Å². The fraction of sp³-hybridized carbons (Fsp3) is 0.556. The smallest absolute Gasteiger partial charge is 0.243 e. The van der Waals surface area contributed by atoms with Crippen molar-refractivity contribution in [2.24, 2.45) is 0 Å². The molecule has 0 aliphatic carbocycles. The summed E-state index contributed by atoms with van der Waals surface area (Å²) in [6.07, 6.45) is 8.59. The Bertz CT molecular complexity index is 781. The van der Waals surface area contributed by atoms with Crippen molar-refractivity contribution in [1.82, 2.24) is 25.1 Å². The first-order valence-electron chi connectivity index (χ1n) is 9.24. The summed E-state index contributed by atoms with van der Waals surface area (Å²) < 4.78 is 1.86. The van der Waals surface area contributed by atoms with Crippen LogP contribution in [0.3, 0.4) is 0 Å². The molecule has 1 aliphatic heterocycles. The second-order valence-electron chi connectivity index (χ2n) is 6.27. The number of amides is 1. The van der Waals surface area contributed by atoms with E-state index in [1.54, 1.807) is 17.8 Å². The quantitative estimate of drug-likeness (QED) is 0.435. The number of aromatic nitrogens is 4. The number of carbonyl (C=O) groups is 1. The Morgan fingerprint density at radius 2 is 2.15 bits per heavy atom. The van der Waals surface area contributed by atoms with E-state index in [0.29, 0.717) is 13.1 Å². The van der Waals surface area contributed by atoms with Gasteiger partial charge in [0.1, 0.15) is 5.82 Å². The Labute approximate surface area is 158 Å². The highest BCUT2D eigenvalue weighted by Gasteiger charge is 2.20. The first kappa shape index (κ1) is 18.7. The minimum absolute atomic E-state index is 0.0875. The maximum Gasteiger partial charge on any atom is 0.243 e. The van der Waals surface area contributed by atoms with E-state index >= 15 is 0 Å². The SMILES string of the molecule is C/C=C\C(=O)NCCn1ncc2c(N3CCCC3)nc(SCCC)nc21. The molecular weight excluding hydrogens is 348 g/mol. The average Bonchev–Trinajstić information content (AvgIpc) is 3.30. The highest BCUT2D eigenvalue weighted by molar-refractivity contribution is 7.99. The lowest BCUT2D eigenvalue weighted by molar-refractivity contribution is -0.116. The molecule has 26 heavy (non-hydrogen) atoms. The van der Waals surface area contributed by atoms with E-state index in [4.69, 9.17) is 9.97 Å². The second kappa shape index (κ2) is 9.02. The van der Waals surface area contributed by atoms with E-state index in [9.17, 15) is 4.79 Å². The molecule has 3 heterocycles. The molecule has 140 valence electrons. The molecule has 3 rings (SSSR count). The molecule has 0 aromatic carbocycles. The summed E-state index contributed by atoms with van der Waals surface area (Å²) >= 11 is 1.69. The van der Waals surface area contributed by atoms with Crippen LogP contribution in [0.25, 0.3) is 11.0 Å². The lowest BCUT2D eigenvalue weighted by Crippen LogP contribution is -2.25. The van der Waals surface area contributed by atoms with Crippen molar-refractivity contribution in [2.75, 3.05) is 30.3 Å². The summed E-state index contributed by atoms with van der Waals surface area (Å²) in [6, 6.07) is 0. The van der Waals surface area contributed by atoms with Gasteiger partial charge in [0.25, 0.3) is 0 Å². The predicted molar refractivity (Wildman–Crippen MR) is 106 cm³/mol. The third-order valence-corrected chi connectivity index (χ3v) is 5.29. The minimum Gasteiger partial charge on any atom is -0.356 e. The third-order valence-electron chi connectivity index (χ3n) is 4.24. The molecule has 1 amide bonds. The van der Waals surface area contributed by atoms with Crippen molar-refractivity contribution in [3.8, 4) is 0 Å². The molecule has 8 heteroatoms. The van der Waals surface area contributed by atoms with Crippen molar-refractivity contribution in [1.29, 1.82) is 0 Å². The fourth-order valence-electron chi connectivity index (χ4n) is 3.01. The number of nitrogens with zero attached hydrogens (tertiary/aromatic N) is 5. The molecule has 2 aromatic heterocycles. The summed E-state index contributed by atoms with van der Waals surface area (Å²) in [4.78, 5) is 23.5. The van der Waals surface area contributed by atoms with E-state index in [1.807, 2.05) is 17.8 Å². The molecule has 0 unspecified atom stereocenters. The summed E-state index contributed by atoms with van der Waals surface area (Å²) in [6.45, 7) is 7.15. The minimum atomic E-state index is -0.0875. The van der Waals surface area contributed by atoms with Crippen LogP contribution in [0.4, 0.5) is 5.82 Å². The first-order valence-corrected chi connectivity index (χ1v) is 10.2. The molecule has 2 aromatic rings. The van der Waals surface area contributed by atoms with Crippen LogP contribution >= 0.6 is 11.8 Å². The lowest BCUT2D eigenvalue weighted by Gasteiger charge is -2.18. The summed E-state index contributed by atoms with van der Waals surface area (Å²) in [5.41, 5.74) is 0.848. The molecule has 1 aliphatic rings. The molecule has 0 radical (unpaired) electrons. The topological polar surface area (TPSA) is 75.9 Å². The van der Waals surface area contributed by atoms with Gasteiger partial charge in [-0.25, -0.2) is 14.6 Å². The van der Waals surface area contributed by atoms with Crippen LogP contribution < -0.4 is 10.2 Å². The highest BCUT2D eigenvalue weighted by atomic mass is 32.2. The Balaban J connectivity index is 1.85. The van der Waals surface area contributed by atoms with Gasteiger partial charge in [-0.3, -0.25) is 4.79 Å². The van der Waals surface area contributed by atoms with Crippen LogP contribution in [0, 0.1) is 0 Å². The third kappa shape index (κ3) is 4.35. The standard InChI is InChI=1S/C18H26N6OS/c1-3-7-15(25)19-8-11-24-17-14(13-20-24)16(23-9-5-6-10-23)21-18(22-17)26-12-4-2/h3,7,13H,4-6,8-12H2,1-2H3,(H,19,25)/b7-3-. The van der Waals surface area contributed by atoms with Gasteiger partial charge in [-0.05, 0) is 32.3 Å². The summed E-state index contributed by atoms with van der Waals surface area (Å²) in [5.74, 6) is 1.91. The van der Waals surface area contributed by atoms with Crippen molar-refractivity contribution in [2.45, 2.75) is 44.8 Å². The first-order chi connectivity index (χ1) is 12.7. The number of nitrogens with one attached hydrogen (secondary N) is 1. The summed E-state index contributed by atoms with van der Waals surface area (Å²) in [5, 5.41) is 9.16. The highest BCUT2D eigenvalue weighted by Crippen LogP contribution is 2.29. The summed E-state index contributed by atoms with van der Waals surface area (Å²) in [7, 11) is 0.